The first-order valence-electron chi connectivity index (χ1n) is 7.85. The van der Waals surface area contributed by atoms with E-state index in [9.17, 15) is 4.79 Å². The molecule has 3 N–H and O–H groups in total. The maximum absolute atomic E-state index is 11.8. The second-order valence-corrected chi connectivity index (χ2v) is 5.82. The number of carbonyl (C=O) groups excluding carboxylic acids is 1. The van der Waals surface area contributed by atoms with E-state index < -0.39 is 0 Å². The zero-order valence-electron chi connectivity index (χ0n) is 13.4. The van der Waals surface area contributed by atoms with Crippen molar-refractivity contribution in [3.63, 3.8) is 0 Å². The molecule has 0 aliphatic carbocycles. The van der Waals surface area contributed by atoms with Crippen LogP contribution in [0.15, 0.2) is 18.5 Å². The first-order chi connectivity index (χ1) is 10.6. The molecule has 7 heteroatoms. The zero-order valence-corrected chi connectivity index (χ0v) is 13.4. The highest BCUT2D eigenvalue weighted by Crippen LogP contribution is 2.09. The number of hydrogen-bond donors (Lipinski definition) is 2. The van der Waals surface area contributed by atoms with E-state index in [1.165, 1.54) is 0 Å². The van der Waals surface area contributed by atoms with Crippen LogP contribution < -0.4 is 16.0 Å². The van der Waals surface area contributed by atoms with E-state index in [0.29, 0.717) is 6.54 Å². The van der Waals surface area contributed by atoms with E-state index in [1.54, 1.807) is 12.4 Å². The molecule has 1 aliphatic rings. The van der Waals surface area contributed by atoms with Gasteiger partial charge in [0, 0.05) is 63.6 Å². The van der Waals surface area contributed by atoms with Gasteiger partial charge in [-0.2, -0.15) is 0 Å². The molecule has 1 fully saturated rings. The predicted octanol–water partition coefficient (Wildman–Crippen LogP) is -0.302. The minimum Gasteiger partial charge on any atom is -0.355 e. The lowest BCUT2D eigenvalue weighted by atomic mass is 10.0. The number of aromatic nitrogens is 2. The molecule has 2 heterocycles. The number of nitrogens with zero attached hydrogens (tertiary/aromatic N) is 4. The fraction of sp³-hybridized carbons (Fsp3) is 0.667. The van der Waals surface area contributed by atoms with Crippen molar-refractivity contribution in [2.75, 3.05) is 44.2 Å². The second-order valence-electron chi connectivity index (χ2n) is 5.82. The maximum atomic E-state index is 11.8. The Hall–Kier alpha value is -1.73. The van der Waals surface area contributed by atoms with Crippen molar-refractivity contribution in [1.82, 2.24) is 20.2 Å². The average molecular weight is 306 g/mol. The van der Waals surface area contributed by atoms with Crippen molar-refractivity contribution in [3.8, 4) is 0 Å². The van der Waals surface area contributed by atoms with Gasteiger partial charge in [-0.05, 0) is 13.0 Å². The number of nitrogens with two attached hydrogens (primary N) is 1. The first-order valence-corrected chi connectivity index (χ1v) is 7.85. The number of amides is 1. The molecule has 2 unspecified atom stereocenters. The summed E-state index contributed by atoms with van der Waals surface area (Å²) in [4.78, 5) is 24.9. The molecule has 2 atom stereocenters. The van der Waals surface area contributed by atoms with E-state index >= 15 is 0 Å². The Labute approximate surface area is 131 Å². The Bertz CT molecular complexity index is 458. The van der Waals surface area contributed by atoms with Crippen molar-refractivity contribution in [3.05, 3.63) is 18.5 Å². The van der Waals surface area contributed by atoms with E-state index in [-0.39, 0.29) is 17.9 Å². The minimum absolute atomic E-state index is 0.0336. The molecule has 0 aromatic carbocycles. The summed E-state index contributed by atoms with van der Waals surface area (Å²) >= 11 is 0. The molecule has 1 amide bonds. The van der Waals surface area contributed by atoms with Gasteiger partial charge in [-0.1, -0.05) is 6.92 Å². The summed E-state index contributed by atoms with van der Waals surface area (Å²) in [5, 5.41) is 2.96. The van der Waals surface area contributed by atoms with E-state index in [0.717, 1.165) is 38.7 Å². The van der Waals surface area contributed by atoms with Gasteiger partial charge in [0.1, 0.15) is 0 Å². The second kappa shape index (κ2) is 8.05. The third kappa shape index (κ3) is 4.64. The topological polar surface area (TPSA) is 87.4 Å². The van der Waals surface area contributed by atoms with E-state index in [1.807, 2.05) is 19.9 Å². The first kappa shape index (κ1) is 16.6. The molecule has 0 radical (unpaired) electrons. The van der Waals surface area contributed by atoms with Crippen LogP contribution in [0.25, 0.3) is 0 Å². The van der Waals surface area contributed by atoms with E-state index in [2.05, 4.69) is 25.1 Å². The SMILES string of the molecule is CC(N)C(C)C(=O)NCCN1CCN(c2ncccn2)CC1. The van der Waals surface area contributed by atoms with Crippen molar-refractivity contribution >= 4 is 11.9 Å². The summed E-state index contributed by atoms with van der Waals surface area (Å²) in [6.45, 7) is 8.97. The van der Waals surface area contributed by atoms with Gasteiger partial charge in [0.05, 0.1) is 0 Å². The molecule has 22 heavy (non-hydrogen) atoms. The number of rotatable bonds is 6. The lowest BCUT2D eigenvalue weighted by molar-refractivity contribution is -0.124. The van der Waals surface area contributed by atoms with E-state index in [4.69, 9.17) is 5.73 Å². The highest BCUT2D eigenvalue weighted by atomic mass is 16.1. The molecule has 0 spiro atoms. The van der Waals surface area contributed by atoms with Gasteiger partial charge in [-0.25, -0.2) is 9.97 Å². The lowest BCUT2D eigenvalue weighted by Gasteiger charge is -2.34. The predicted molar refractivity (Wildman–Crippen MR) is 86.5 cm³/mol. The quantitative estimate of drug-likeness (QED) is 0.750. The van der Waals surface area contributed by atoms with Crippen molar-refractivity contribution < 1.29 is 4.79 Å². The molecule has 1 aromatic heterocycles. The van der Waals surface area contributed by atoms with Gasteiger partial charge in [-0.15, -0.1) is 0 Å². The Balaban J connectivity index is 1.67. The number of anilines is 1. The molecule has 1 aromatic rings. The van der Waals surface area contributed by atoms with Crippen LogP contribution in [0.1, 0.15) is 13.8 Å². The van der Waals surface area contributed by atoms with Crippen LogP contribution in [0.4, 0.5) is 5.95 Å². The number of piperazine rings is 1. The standard InChI is InChI=1S/C15H26N6O/c1-12(13(2)16)14(22)17-6-7-20-8-10-21(11-9-20)15-18-4-3-5-19-15/h3-5,12-13H,6-11,16H2,1-2H3,(H,17,22). The summed E-state index contributed by atoms with van der Waals surface area (Å²) < 4.78 is 0. The Morgan fingerprint density at radius 2 is 1.91 bits per heavy atom. The van der Waals surface area contributed by atoms with Gasteiger partial charge in [0.25, 0.3) is 0 Å². The fourth-order valence-corrected chi connectivity index (χ4v) is 2.36. The molecule has 1 aliphatic heterocycles. The number of carbonyl (C=O) groups is 1. The molecule has 0 saturated carbocycles. The average Bonchev–Trinajstić information content (AvgIpc) is 2.55. The van der Waals surface area contributed by atoms with Crippen LogP contribution in [0, 0.1) is 5.92 Å². The molecule has 2 rings (SSSR count). The van der Waals surface area contributed by atoms with Crippen LogP contribution in [-0.2, 0) is 4.79 Å². The maximum Gasteiger partial charge on any atom is 0.225 e. The molecule has 122 valence electrons. The van der Waals surface area contributed by atoms with Crippen LogP contribution in [0.5, 0.6) is 0 Å². The summed E-state index contributed by atoms with van der Waals surface area (Å²) in [5.74, 6) is 0.680. The highest BCUT2D eigenvalue weighted by Gasteiger charge is 2.19. The fourth-order valence-electron chi connectivity index (χ4n) is 2.36. The van der Waals surface area contributed by atoms with Crippen molar-refractivity contribution in [1.29, 1.82) is 0 Å². The number of nitrogens with one attached hydrogen (secondary N) is 1. The molecule has 1 saturated heterocycles. The number of hydrogen-bond acceptors (Lipinski definition) is 6. The smallest absolute Gasteiger partial charge is 0.225 e. The van der Waals surface area contributed by atoms with Crippen molar-refractivity contribution in [2.45, 2.75) is 19.9 Å². The Morgan fingerprint density at radius 1 is 1.27 bits per heavy atom. The monoisotopic (exact) mass is 306 g/mol. The summed E-state index contributed by atoms with van der Waals surface area (Å²) in [6, 6.07) is 1.71. The Morgan fingerprint density at radius 3 is 2.50 bits per heavy atom. The van der Waals surface area contributed by atoms with Crippen LogP contribution in [0.2, 0.25) is 0 Å². The van der Waals surface area contributed by atoms with Crippen LogP contribution in [0.3, 0.4) is 0 Å². The summed E-state index contributed by atoms with van der Waals surface area (Å²) in [7, 11) is 0. The van der Waals surface area contributed by atoms with Gasteiger partial charge in [-0.3, -0.25) is 9.69 Å². The van der Waals surface area contributed by atoms with Gasteiger partial charge >= 0.3 is 0 Å². The minimum atomic E-state index is -0.146. The molecule has 0 bridgehead atoms. The van der Waals surface area contributed by atoms with Gasteiger partial charge < -0.3 is 16.0 Å². The largest absolute Gasteiger partial charge is 0.355 e. The normalized spacial score (nSPS) is 18.8. The van der Waals surface area contributed by atoms with Crippen LogP contribution >= 0.6 is 0 Å². The Kier molecular flexibility index (Phi) is 6.09. The zero-order chi connectivity index (χ0) is 15.9. The molecular weight excluding hydrogens is 280 g/mol. The third-order valence-electron chi connectivity index (χ3n) is 4.14. The van der Waals surface area contributed by atoms with Crippen molar-refractivity contribution in [2.24, 2.45) is 11.7 Å². The van der Waals surface area contributed by atoms with Gasteiger partial charge in [0.15, 0.2) is 0 Å². The lowest BCUT2D eigenvalue weighted by Crippen LogP contribution is -2.49. The molecule has 7 nitrogen and oxygen atoms in total. The van der Waals surface area contributed by atoms with Crippen LogP contribution in [-0.4, -0.2) is 66.1 Å². The highest BCUT2D eigenvalue weighted by molar-refractivity contribution is 5.78. The molecular formula is C15H26N6O. The summed E-state index contributed by atoms with van der Waals surface area (Å²) in [6.07, 6.45) is 3.54. The third-order valence-corrected chi connectivity index (χ3v) is 4.14. The van der Waals surface area contributed by atoms with Gasteiger partial charge in [0.2, 0.25) is 11.9 Å². The summed E-state index contributed by atoms with van der Waals surface area (Å²) in [5.41, 5.74) is 5.73.